The number of halogens is 1. The molecular formula is C13H21ClN2S. The van der Waals surface area contributed by atoms with E-state index >= 15 is 0 Å². The van der Waals surface area contributed by atoms with Crippen LogP contribution in [0, 0.1) is 0 Å². The average molecular weight is 273 g/mol. The third-order valence-corrected chi connectivity index (χ3v) is 5.20. The van der Waals surface area contributed by atoms with E-state index in [2.05, 4.69) is 24.8 Å². The molecular weight excluding hydrogens is 252 g/mol. The van der Waals surface area contributed by atoms with Crippen LogP contribution >= 0.6 is 22.9 Å². The summed E-state index contributed by atoms with van der Waals surface area (Å²) in [6.45, 7) is 5.26. The standard InChI is InChI=1S/C13H21ClN2S/c1-3-11-5-4-9(2)16(11)12(7-15)13-6-10(14)8-17-13/h6,8-9,11-12H,3-5,7,15H2,1-2H3. The first-order chi connectivity index (χ1) is 8.17. The molecule has 1 aromatic heterocycles. The maximum atomic E-state index is 6.03. The monoisotopic (exact) mass is 272 g/mol. The second-order valence-corrected chi connectivity index (χ2v) is 6.23. The van der Waals surface area contributed by atoms with Crippen LogP contribution in [0.15, 0.2) is 11.4 Å². The molecule has 0 saturated carbocycles. The van der Waals surface area contributed by atoms with Gasteiger partial charge in [0.1, 0.15) is 0 Å². The van der Waals surface area contributed by atoms with E-state index in [0.717, 1.165) is 5.02 Å². The zero-order chi connectivity index (χ0) is 12.4. The van der Waals surface area contributed by atoms with Gasteiger partial charge in [-0.05, 0) is 32.3 Å². The zero-order valence-corrected chi connectivity index (χ0v) is 12.1. The number of thiophene rings is 1. The fraction of sp³-hybridized carbons (Fsp3) is 0.692. The van der Waals surface area contributed by atoms with Crippen molar-refractivity contribution in [2.45, 2.75) is 51.2 Å². The number of likely N-dealkylation sites (tertiary alicyclic amines) is 1. The van der Waals surface area contributed by atoms with Gasteiger partial charge in [0.15, 0.2) is 0 Å². The molecule has 0 spiro atoms. The van der Waals surface area contributed by atoms with Gasteiger partial charge in [0.05, 0.1) is 11.1 Å². The summed E-state index contributed by atoms with van der Waals surface area (Å²) in [6.07, 6.45) is 3.79. The van der Waals surface area contributed by atoms with Gasteiger partial charge in [-0.2, -0.15) is 0 Å². The van der Waals surface area contributed by atoms with E-state index < -0.39 is 0 Å². The van der Waals surface area contributed by atoms with Crippen LogP contribution < -0.4 is 5.73 Å². The van der Waals surface area contributed by atoms with Crippen molar-refractivity contribution < 1.29 is 0 Å². The highest BCUT2D eigenvalue weighted by molar-refractivity contribution is 7.10. The van der Waals surface area contributed by atoms with Gasteiger partial charge in [0.25, 0.3) is 0 Å². The lowest BCUT2D eigenvalue weighted by atomic mass is 10.1. The highest BCUT2D eigenvalue weighted by Gasteiger charge is 2.35. The van der Waals surface area contributed by atoms with Crippen LogP contribution in [-0.4, -0.2) is 23.5 Å². The van der Waals surface area contributed by atoms with Crippen LogP contribution in [0.2, 0.25) is 5.02 Å². The highest BCUT2D eigenvalue weighted by Crippen LogP contribution is 2.37. The molecule has 0 amide bonds. The van der Waals surface area contributed by atoms with Gasteiger partial charge in [-0.15, -0.1) is 11.3 Å². The topological polar surface area (TPSA) is 29.3 Å². The molecule has 2 N–H and O–H groups in total. The fourth-order valence-corrected chi connectivity index (χ4v) is 4.16. The summed E-state index contributed by atoms with van der Waals surface area (Å²) in [5.41, 5.74) is 5.99. The fourth-order valence-electron chi connectivity index (χ4n) is 2.96. The Labute approximate surface area is 113 Å². The SMILES string of the molecule is CCC1CCC(C)N1C(CN)c1cc(Cl)cs1. The minimum atomic E-state index is 0.343. The van der Waals surface area contributed by atoms with Crippen LogP contribution in [0.4, 0.5) is 0 Å². The van der Waals surface area contributed by atoms with E-state index in [1.54, 1.807) is 11.3 Å². The molecule has 1 fully saturated rings. The molecule has 3 atom stereocenters. The first-order valence-electron chi connectivity index (χ1n) is 6.38. The van der Waals surface area contributed by atoms with Gasteiger partial charge in [0, 0.05) is 28.9 Å². The van der Waals surface area contributed by atoms with Crippen LogP contribution in [0.3, 0.4) is 0 Å². The number of nitrogens with two attached hydrogens (primary N) is 1. The van der Waals surface area contributed by atoms with Gasteiger partial charge in [-0.1, -0.05) is 18.5 Å². The number of hydrogen-bond acceptors (Lipinski definition) is 3. The Hall–Kier alpha value is -0.0900. The van der Waals surface area contributed by atoms with Crippen LogP contribution in [0.5, 0.6) is 0 Å². The first-order valence-corrected chi connectivity index (χ1v) is 7.64. The van der Waals surface area contributed by atoms with Crippen molar-refractivity contribution in [1.82, 2.24) is 4.90 Å². The molecule has 0 radical (unpaired) electrons. The lowest BCUT2D eigenvalue weighted by Gasteiger charge is -2.34. The van der Waals surface area contributed by atoms with E-state index in [0.29, 0.717) is 24.7 Å². The molecule has 0 aliphatic carbocycles. The van der Waals surface area contributed by atoms with E-state index in [1.165, 1.54) is 24.1 Å². The van der Waals surface area contributed by atoms with Gasteiger partial charge < -0.3 is 5.73 Å². The Morgan fingerprint density at radius 1 is 1.59 bits per heavy atom. The third-order valence-electron chi connectivity index (χ3n) is 3.82. The zero-order valence-electron chi connectivity index (χ0n) is 10.5. The summed E-state index contributed by atoms with van der Waals surface area (Å²) < 4.78 is 0. The molecule has 0 aromatic carbocycles. The average Bonchev–Trinajstić information content (AvgIpc) is 2.89. The molecule has 1 saturated heterocycles. The Morgan fingerprint density at radius 2 is 2.35 bits per heavy atom. The van der Waals surface area contributed by atoms with Gasteiger partial charge >= 0.3 is 0 Å². The predicted molar refractivity (Wildman–Crippen MR) is 75.7 cm³/mol. The predicted octanol–water partition coefficient (Wildman–Crippen LogP) is 3.66. The van der Waals surface area contributed by atoms with Gasteiger partial charge in [-0.25, -0.2) is 0 Å². The van der Waals surface area contributed by atoms with Crippen molar-refractivity contribution in [2.24, 2.45) is 5.73 Å². The molecule has 4 heteroatoms. The summed E-state index contributed by atoms with van der Waals surface area (Å²) in [4.78, 5) is 3.91. The normalized spacial score (nSPS) is 27.5. The molecule has 2 nitrogen and oxygen atoms in total. The van der Waals surface area contributed by atoms with Crippen molar-refractivity contribution in [3.8, 4) is 0 Å². The summed E-state index contributed by atoms with van der Waals surface area (Å²) in [5.74, 6) is 0. The van der Waals surface area contributed by atoms with E-state index in [9.17, 15) is 0 Å². The Kier molecular flexibility index (Phi) is 4.47. The first kappa shape index (κ1) is 13.3. The number of hydrogen-bond donors (Lipinski definition) is 1. The van der Waals surface area contributed by atoms with Crippen LogP contribution in [0.25, 0.3) is 0 Å². The maximum absolute atomic E-state index is 6.03. The Bertz CT molecular complexity index is 366. The summed E-state index contributed by atoms with van der Waals surface area (Å²) in [7, 11) is 0. The van der Waals surface area contributed by atoms with Crippen molar-refractivity contribution >= 4 is 22.9 Å². The second kappa shape index (κ2) is 5.70. The molecule has 0 bridgehead atoms. The minimum Gasteiger partial charge on any atom is -0.329 e. The molecule has 3 unspecified atom stereocenters. The summed E-state index contributed by atoms with van der Waals surface area (Å²) >= 11 is 7.76. The maximum Gasteiger partial charge on any atom is 0.0570 e. The molecule has 2 rings (SSSR count). The molecule has 1 aromatic rings. The van der Waals surface area contributed by atoms with Crippen LogP contribution in [-0.2, 0) is 0 Å². The summed E-state index contributed by atoms with van der Waals surface area (Å²) in [6, 6.07) is 3.73. The Morgan fingerprint density at radius 3 is 2.88 bits per heavy atom. The second-order valence-electron chi connectivity index (χ2n) is 4.85. The number of nitrogens with zero attached hydrogens (tertiary/aromatic N) is 1. The molecule has 17 heavy (non-hydrogen) atoms. The lowest BCUT2D eigenvalue weighted by molar-refractivity contribution is 0.139. The smallest absolute Gasteiger partial charge is 0.0570 e. The minimum absolute atomic E-state index is 0.343. The van der Waals surface area contributed by atoms with Crippen molar-refractivity contribution in [2.75, 3.05) is 6.54 Å². The van der Waals surface area contributed by atoms with Crippen molar-refractivity contribution in [3.63, 3.8) is 0 Å². The highest BCUT2D eigenvalue weighted by atomic mass is 35.5. The largest absolute Gasteiger partial charge is 0.329 e. The van der Waals surface area contributed by atoms with E-state index in [4.69, 9.17) is 17.3 Å². The van der Waals surface area contributed by atoms with Gasteiger partial charge in [0.2, 0.25) is 0 Å². The molecule has 1 aliphatic rings. The molecule has 2 heterocycles. The van der Waals surface area contributed by atoms with Crippen molar-refractivity contribution in [3.05, 3.63) is 21.3 Å². The van der Waals surface area contributed by atoms with Crippen molar-refractivity contribution in [1.29, 1.82) is 0 Å². The number of rotatable bonds is 4. The quantitative estimate of drug-likeness (QED) is 0.906. The summed E-state index contributed by atoms with van der Waals surface area (Å²) in [5, 5.41) is 2.84. The van der Waals surface area contributed by atoms with E-state index in [-0.39, 0.29) is 0 Å². The Balaban J connectivity index is 2.22. The van der Waals surface area contributed by atoms with E-state index in [1.807, 2.05) is 5.38 Å². The molecule has 96 valence electrons. The third kappa shape index (κ3) is 2.68. The van der Waals surface area contributed by atoms with Gasteiger partial charge in [-0.3, -0.25) is 4.90 Å². The van der Waals surface area contributed by atoms with Crippen LogP contribution in [0.1, 0.15) is 44.0 Å². The lowest BCUT2D eigenvalue weighted by Crippen LogP contribution is -2.40. The molecule has 1 aliphatic heterocycles.